The Morgan fingerprint density at radius 3 is 2.76 bits per heavy atom. The van der Waals surface area contributed by atoms with Gasteiger partial charge in [-0.15, -0.1) is 0 Å². The molecule has 146 valence electrons. The Labute approximate surface area is 167 Å². The van der Waals surface area contributed by atoms with Crippen molar-refractivity contribution in [1.82, 2.24) is 20.5 Å². The maximum Gasteiger partial charge on any atom is 0.247 e. The highest BCUT2D eigenvalue weighted by Crippen LogP contribution is 2.22. The molecular weight excluding hydrogens is 366 g/mol. The number of rotatable bonds is 6. The van der Waals surface area contributed by atoms with E-state index in [4.69, 9.17) is 0 Å². The fourth-order valence-corrected chi connectivity index (χ4v) is 3.39. The van der Waals surface area contributed by atoms with E-state index < -0.39 is 6.04 Å². The maximum atomic E-state index is 13.0. The average Bonchev–Trinajstić information content (AvgIpc) is 3.38. The molecule has 2 amide bonds. The standard InChI is InChI=1S/C22H21N5O2/c1-14(28)25-21(12-16-13-23-20-8-3-2-7-18(16)20)22(29)26-17-6-4-5-15(11-17)19-9-10-24-27-19/h2-11,13,21,23H,12H2,1H3,(H,24,27)(H,25,28)(H,26,29). The molecule has 0 saturated heterocycles. The van der Waals surface area contributed by atoms with Gasteiger partial charge >= 0.3 is 0 Å². The van der Waals surface area contributed by atoms with Crippen LogP contribution in [0.1, 0.15) is 12.5 Å². The van der Waals surface area contributed by atoms with Crippen LogP contribution in [-0.2, 0) is 16.0 Å². The molecule has 0 radical (unpaired) electrons. The minimum atomic E-state index is -0.692. The summed E-state index contributed by atoms with van der Waals surface area (Å²) in [5.41, 5.74) is 4.39. The van der Waals surface area contributed by atoms with Gasteiger partial charge in [-0.05, 0) is 29.8 Å². The Balaban J connectivity index is 1.55. The topological polar surface area (TPSA) is 103 Å². The largest absolute Gasteiger partial charge is 0.361 e. The van der Waals surface area contributed by atoms with Crippen LogP contribution in [0, 0.1) is 0 Å². The van der Waals surface area contributed by atoms with E-state index in [2.05, 4.69) is 25.8 Å². The highest BCUT2D eigenvalue weighted by Gasteiger charge is 2.21. The molecule has 1 atom stereocenters. The first-order valence-corrected chi connectivity index (χ1v) is 9.33. The first kappa shape index (κ1) is 18.5. The van der Waals surface area contributed by atoms with Gasteiger partial charge in [0.2, 0.25) is 11.8 Å². The van der Waals surface area contributed by atoms with Crippen molar-refractivity contribution in [2.45, 2.75) is 19.4 Å². The number of aromatic nitrogens is 3. The van der Waals surface area contributed by atoms with Crippen molar-refractivity contribution < 1.29 is 9.59 Å². The van der Waals surface area contributed by atoms with Gasteiger partial charge in [0, 0.05) is 47.9 Å². The van der Waals surface area contributed by atoms with Crippen LogP contribution in [0.2, 0.25) is 0 Å². The van der Waals surface area contributed by atoms with E-state index in [0.29, 0.717) is 12.1 Å². The molecule has 29 heavy (non-hydrogen) atoms. The molecule has 7 nitrogen and oxygen atoms in total. The molecule has 4 rings (SSSR count). The second kappa shape index (κ2) is 8.02. The number of carbonyl (C=O) groups is 2. The smallest absolute Gasteiger partial charge is 0.247 e. The van der Waals surface area contributed by atoms with E-state index in [1.165, 1.54) is 6.92 Å². The van der Waals surface area contributed by atoms with Gasteiger partial charge in [-0.1, -0.05) is 30.3 Å². The van der Waals surface area contributed by atoms with Crippen molar-refractivity contribution in [2.24, 2.45) is 0 Å². The van der Waals surface area contributed by atoms with Crippen molar-refractivity contribution in [2.75, 3.05) is 5.32 Å². The zero-order chi connectivity index (χ0) is 20.2. The van der Waals surface area contributed by atoms with Gasteiger partial charge in [0.25, 0.3) is 0 Å². The number of hydrogen-bond acceptors (Lipinski definition) is 3. The molecular formula is C22H21N5O2. The van der Waals surface area contributed by atoms with Crippen LogP contribution >= 0.6 is 0 Å². The Kier molecular flexibility index (Phi) is 5.11. The van der Waals surface area contributed by atoms with E-state index in [1.54, 1.807) is 6.20 Å². The van der Waals surface area contributed by atoms with Gasteiger partial charge in [0.05, 0.1) is 5.69 Å². The predicted octanol–water partition coefficient (Wildman–Crippen LogP) is 3.24. The molecule has 7 heteroatoms. The third-order valence-electron chi connectivity index (χ3n) is 4.73. The summed E-state index contributed by atoms with van der Waals surface area (Å²) < 4.78 is 0. The highest BCUT2D eigenvalue weighted by atomic mass is 16.2. The van der Waals surface area contributed by atoms with Gasteiger partial charge in [-0.25, -0.2) is 0 Å². The van der Waals surface area contributed by atoms with Crippen molar-refractivity contribution in [3.63, 3.8) is 0 Å². The molecule has 2 aromatic heterocycles. The Morgan fingerprint density at radius 1 is 1.10 bits per heavy atom. The molecule has 0 fully saturated rings. The van der Waals surface area contributed by atoms with Crippen molar-refractivity contribution in [3.8, 4) is 11.3 Å². The normalized spacial score (nSPS) is 11.9. The van der Waals surface area contributed by atoms with E-state index >= 15 is 0 Å². The molecule has 4 N–H and O–H groups in total. The van der Waals surface area contributed by atoms with Crippen LogP contribution in [0.3, 0.4) is 0 Å². The van der Waals surface area contributed by atoms with Gasteiger partial charge in [0.1, 0.15) is 6.04 Å². The van der Waals surface area contributed by atoms with Crippen LogP contribution in [0.5, 0.6) is 0 Å². The average molecular weight is 387 g/mol. The number of carbonyl (C=O) groups excluding carboxylic acids is 2. The Hall–Kier alpha value is -3.87. The molecule has 0 aliphatic heterocycles. The zero-order valence-corrected chi connectivity index (χ0v) is 15.9. The summed E-state index contributed by atoms with van der Waals surface area (Å²) in [6.07, 6.45) is 3.94. The molecule has 0 spiro atoms. The number of H-pyrrole nitrogens is 2. The van der Waals surface area contributed by atoms with E-state index in [1.807, 2.05) is 60.8 Å². The number of para-hydroxylation sites is 1. The monoisotopic (exact) mass is 387 g/mol. The molecule has 2 aromatic carbocycles. The molecule has 2 heterocycles. The summed E-state index contributed by atoms with van der Waals surface area (Å²) in [5, 5.41) is 13.6. The quantitative estimate of drug-likeness (QED) is 0.408. The summed E-state index contributed by atoms with van der Waals surface area (Å²) in [6, 6.07) is 16.5. The van der Waals surface area contributed by atoms with E-state index in [0.717, 1.165) is 27.7 Å². The summed E-state index contributed by atoms with van der Waals surface area (Å²) in [7, 11) is 0. The fourth-order valence-electron chi connectivity index (χ4n) is 3.39. The molecule has 0 aliphatic rings. The zero-order valence-electron chi connectivity index (χ0n) is 15.9. The van der Waals surface area contributed by atoms with Crippen molar-refractivity contribution in [3.05, 3.63) is 72.6 Å². The van der Waals surface area contributed by atoms with Crippen molar-refractivity contribution in [1.29, 1.82) is 0 Å². The molecule has 1 unspecified atom stereocenters. The lowest BCUT2D eigenvalue weighted by Gasteiger charge is -2.18. The SMILES string of the molecule is CC(=O)NC(Cc1c[nH]c2ccccc12)C(=O)Nc1cccc(-c2ccn[nH]2)c1. The van der Waals surface area contributed by atoms with Crippen LogP contribution in [-0.4, -0.2) is 33.0 Å². The summed E-state index contributed by atoms with van der Waals surface area (Å²) in [6.45, 7) is 1.41. The first-order chi connectivity index (χ1) is 14.1. The lowest BCUT2D eigenvalue weighted by molar-refractivity contribution is -0.125. The highest BCUT2D eigenvalue weighted by molar-refractivity contribution is 5.98. The molecule has 0 saturated carbocycles. The second-order valence-corrected chi connectivity index (χ2v) is 6.86. The second-order valence-electron chi connectivity index (χ2n) is 6.86. The lowest BCUT2D eigenvalue weighted by atomic mass is 10.0. The van der Waals surface area contributed by atoms with Crippen LogP contribution < -0.4 is 10.6 Å². The number of aromatic amines is 2. The van der Waals surface area contributed by atoms with Gasteiger partial charge < -0.3 is 15.6 Å². The summed E-state index contributed by atoms with van der Waals surface area (Å²) >= 11 is 0. The summed E-state index contributed by atoms with van der Waals surface area (Å²) in [4.78, 5) is 27.9. The molecule has 0 bridgehead atoms. The van der Waals surface area contributed by atoms with Crippen LogP contribution in [0.4, 0.5) is 5.69 Å². The van der Waals surface area contributed by atoms with Crippen LogP contribution in [0.15, 0.2) is 67.0 Å². The molecule has 0 aliphatic carbocycles. The van der Waals surface area contributed by atoms with Crippen LogP contribution in [0.25, 0.3) is 22.2 Å². The Bertz CT molecular complexity index is 1150. The molecule has 4 aromatic rings. The number of hydrogen-bond donors (Lipinski definition) is 4. The van der Waals surface area contributed by atoms with E-state index in [9.17, 15) is 9.59 Å². The van der Waals surface area contributed by atoms with Gasteiger partial charge in [-0.3, -0.25) is 14.7 Å². The minimum Gasteiger partial charge on any atom is -0.361 e. The Morgan fingerprint density at radius 2 is 1.97 bits per heavy atom. The van der Waals surface area contributed by atoms with Gasteiger partial charge in [-0.2, -0.15) is 5.10 Å². The van der Waals surface area contributed by atoms with Crippen molar-refractivity contribution >= 4 is 28.4 Å². The fraction of sp³-hybridized carbons (Fsp3) is 0.136. The number of anilines is 1. The number of benzene rings is 2. The lowest BCUT2D eigenvalue weighted by Crippen LogP contribution is -2.44. The minimum absolute atomic E-state index is 0.254. The van der Waals surface area contributed by atoms with Gasteiger partial charge in [0.15, 0.2) is 0 Å². The number of nitrogens with zero attached hydrogens (tertiary/aromatic N) is 1. The third kappa shape index (κ3) is 4.19. The predicted molar refractivity (Wildman–Crippen MR) is 112 cm³/mol. The number of amides is 2. The first-order valence-electron chi connectivity index (χ1n) is 9.33. The number of nitrogens with one attached hydrogen (secondary N) is 4. The third-order valence-corrected chi connectivity index (χ3v) is 4.73. The van der Waals surface area contributed by atoms with E-state index in [-0.39, 0.29) is 11.8 Å². The number of fused-ring (bicyclic) bond motifs is 1. The maximum absolute atomic E-state index is 13.0. The summed E-state index contributed by atoms with van der Waals surface area (Å²) in [5.74, 6) is -0.525.